The van der Waals surface area contributed by atoms with Crippen LogP contribution in [-0.4, -0.2) is 52.8 Å². The minimum atomic E-state index is -3.64. The number of sulfonamides is 1. The summed E-state index contributed by atoms with van der Waals surface area (Å²) in [5.41, 5.74) is 1.63. The number of rotatable bonds is 4. The van der Waals surface area contributed by atoms with Crippen LogP contribution in [0.5, 0.6) is 0 Å². The molecule has 0 spiro atoms. The van der Waals surface area contributed by atoms with E-state index < -0.39 is 19.9 Å². The lowest BCUT2D eigenvalue weighted by Gasteiger charge is -2.27. The lowest BCUT2D eigenvalue weighted by Crippen LogP contribution is -2.43. The molecule has 0 saturated carbocycles. The predicted octanol–water partition coefficient (Wildman–Crippen LogP) is 0.134. The third kappa shape index (κ3) is 3.45. The number of nitrogens with zero attached hydrogens (tertiary/aromatic N) is 1. The number of sulfone groups is 1. The van der Waals surface area contributed by atoms with Crippen molar-refractivity contribution in [3.63, 3.8) is 0 Å². The van der Waals surface area contributed by atoms with Gasteiger partial charge in [-0.25, -0.2) is 16.8 Å². The zero-order valence-corrected chi connectivity index (χ0v) is 13.8. The van der Waals surface area contributed by atoms with E-state index in [1.807, 2.05) is 6.07 Å². The smallest absolute Gasteiger partial charge is 0.243 e. The fourth-order valence-corrected chi connectivity index (χ4v) is 5.54. The van der Waals surface area contributed by atoms with Gasteiger partial charge >= 0.3 is 0 Å². The fourth-order valence-electron chi connectivity index (χ4n) is 2.40. The van der Waals surface area contributed by atoms with Gasteiger partial charge in [-0.3, -0.25) is 0 Å². The summed E-state index contributed by atoms with van der Waals surface area (Å²) in [5.74, 6) is -0.219. The number of hydrogen-bond acceptors (Lipinski definition) is 5. The molecule has 1 aromatic rings. The van der Waals surface area contributed by atoms with Gasteiger partial charge in [-0.1, -0.05) is 12.1 Å². The van der Waals surface area contributed by atoms with E-state index in [0.717, 1.165) is 5.56 Å². The number of hydrogen-bond donors (Lipinski definition) is 1. The van der Waals surface area contributed by atoms with E-state index in [2.05, 4.69) is 5.32 Å². The van der Waals surface area contributed by atoms with Crippen molar-refractivity contribution in [3.8, 4) is 0 Å². The molecule has 0 atom stereocenters. The zero-order chi connectivity index (χ0) is 15.7. The molecule has 6 nitrogen and oxygen atoms in total. The Morgan fingerprint density at radius 2 is 1.86 bits per heavy atom. The first-order valence-electron chi connectivity index (χ1n) is 6.71. The molecule has 0 aliphatic carbocycles. The van der Waals surface area contributed by atoms with E-state index in [-0.39, 0.29) is 29.5 Å². The van der Waals surface area contributed by atoms with Crippen molar-refractivity contribution in [1.82, 2.24) is 9.62 Å². The van der Waals surface area contributed by atoms with Crippen molar-refractivity contribution in [3.05, 3.63) is 29.3 Å². The first-order chi connectivity index (χ1) is 9.78. The first kappa shape index (κ1) is 16.4. The molecule has 1 saturated heterocycles. The Labute approximate surface area is 126 Å². The van der Waals surface area contributed by atoms with E-state index in [1.54, 1.807) is 26.1 Å². The van der Waals surface area contributed by atoms with Gasteiger partial charge in [-0.05, 0) is 31.2 Å². The lowest BCUT2D eigenvalue weighted by atomic mass is 10.1. The van der Waals surface area contributed by atoms with Crippen LogP contribution in [0.2, 0.25) is 0 Å². The van der Waals surface area contributed by atoms with E-state index in [4.69, 9.17) is 0 Å². The van der Waals surface area contributed by atoms with Gasteiger partial charge in [0.1, 0.15) is 0 Å². The van der Waals surface area contributed by atoms with Crippen LogP contribution in [0.1, 0.15) is 11.1 Å². The van der Waals surface area contributed by atoms with E-state index in [0.29, 0.717) is 12.1 Å². The Morgan fingerprint density at radius 1 is 1.24 bits per heavy atom. The summed E-state index contributed by atoms with van der Waals surface area (Å²) in [5, 5.41) is 3.01. The van der Waals surface area contributed by atoms with Crippen LogP contribution < -0.4 is 5.32 Å². The molecular formula is C13H20N2O4S2. The summed E-state index contributed by atoms with van der Waals surface area (Å²) in [7, 11) is -4.94. The molecule has 2 rings (SSSR count). The average Bonchev–Trinajstić information content (AvgIpc) is 2.40. The molecule has 21 heavy (non-hydrogen) atoms. The second kappa shape index (κ2) is 6.04. The van der Waals surface area contributed by atoms with Gasteiger partial charge < -0.3 is 5.32 Å². The summed E-state index contributed by atoms with van der Waals surface area (Å²) in [4.78, 5) is 0.259. The molecular weight excluding hydrogens is 312 g/mol. The van der Waals surface area contributed by atoms with Crippen LogP contribution in [0.25, 0.3) is 0 Å². The van der Waals surface area contributed by atoms with Gasteiger partial charge in [0.2, 0.25) is 10.0 Å². The zero-order valence-electron chi connectivity index (χ0n) is 12.2. The van der Waals surface area contributed by atoms with E-state index in [9.17, 15) is 16.8 Å². The molecule has 1 aliphatic rings. The molecule has 0 amide bonds. The highest BCUT2D eigenvalue weighted by atomic mass is 32.2. The number of nitrogens with one attached hydrogen (secondary N) is 1. The van der Waals surface area contributed by atoms with Crippen molar-refractivity contribution in [2.45, 2.75) is 18.4 Å². The summed E-state index contributed by atoms with van der Waals surface area (Å²) < 4.78 is 49.5. The lowest BCUT2D eigenvalue weighted by molar-refractivity contribution is 0.430. The maximum atomic E-state index is 12.7. The normalized spacial score (nSPS) is 19.5. The minimum absolute atomic E-state index is 0.0281. The van der Waals surface area contributed by atoms with Crippen LogP contribution in [0.3, 0.4) is 0 Å². The molecule has 0 unspecified atom stereocenters. The van der Waals surface area contributed by atoms with Crippen LogP contribution >= 0.6 is 0 Å². The highest BCUT2D eigenvalue weighted by Gasteiger charge is 2.32. The van der Waals surface area contributed by atoms with Crippen LogP contribution in [-0.2, 0) is 26.4 Å². The van der Waals surface area contributed by atoms with Crippen molar-refractivity contribution in [1.29, 1.82) is 0 Å². The number of benzene rings is 1. The van der Waals surface area contributed by atoms with Gasteiger partial charge in [0.05, 0.1) is 16.4 Å². The third-order valence-corrected chi connectivity index (χ3v) is 7.34. The summed E-state index contributed by atoms with van der Waals surface area (Å²) in [6.45, 7) is 2.42. The van der Waals surface area contributed by atoms with Crippen molar-refractivity contribution in [2.75, 3.05) is 31.6 Å². The largest absolute Gasteiger partial charge is 0.316 e. The van der Waals surface area contributed by atoms with Gasteiger partial charge in [-0.2, -0.15) is 4.31 Å². The summed E-state index contributed by atoms with van der Waals surface area (Å²) in [6.07, 6.45) is 0. The Hall–Kier alpha value is -0.960. The SMILES string of the molecule is CNCc1cccc(S(=O)(=O)N2CCS(=O)(=O)CC2)c1C. The Morgan fingerprint density at radius 3 is 2.43 bits per heavy atom. The monoisotopic (exact) mass is 332 g/mol. The van der Waals surface area contributed by atoms with Crippen molar-refractivity contribution in [2.24, 2.45) is 0 Å². The topological polar surface area (TPSA) is 83.6 Å². The maximum Gasteiger partial charge on any atom is 0.243 e. The first-order valence-corrected chi connectivity index (χ1v) is 9.98. The van der Waals surface area contributed by atoms with E-state index in [1.165, 1.54) is 4.31 Å². The van der Waals surface area contributed by atoms with Gasteiger partial charge in [0.15, 0.2) is 9.84 Å². The van der Waals surface area contributed by atoms with Crippen molar-refractivity contribution < 1.29 is 16.8 Å². The Balaban J connectivity index is 2.34. The van der Waals surface area contributed by atoms with Gasteiger partial charge in [-0.15, -0.1) is 0 Å². The Bertz CT molecular complexity index is 713. The second-order valence-corrected chi connectivity index (χ2v) is 9.34. The molecule has 1 fully saturated rings. The molecule has 1 N–H and O–H groups in total. The predicted molar refractivity (Wildman–Crippen MR) is 81.4 cm³/mol. The van der Waals surface area contributed by atoms with Gasteiger partial charge in [0.25, 0.3) is 0 Å². The average molecular weight is 332 g/mol. The van der Waals surface area contributed by atoms with Crippen LogP contribution in [0.15, 0.2) is 23.1 Å². The minimum Gasteiger partial charge on any atom is -0.316 e. The van der Waals surface area contributed by atoms with Crippen molar-refractivity contribution >= 4 is 19.9 Å². The summed E-state index contributed by atoms with van der Waals surface area (Å²) in [6, 6.07) is 5.17. The third-order valence-electron chi connectivity index (χ3n) is 3.68. The molecule has 8 heteroatoms. The molecule has 0 radical (unpaired) electrons. The standard InChI is InChI=1S/C13H20N2O4S2/c1-11-12(10-14-2)4-3-5-13(11)21(18,19)15-6-8-20(16,17)9-7-15/h3-5,14H,6-10H2,1-2H3. The molecule has 1 heterocycles. The molecule has 0 aromatic heterocycles. The van der Waals surface area contributed by atoms with Gasteiger partial charge in [0, 0.05) is 19.6 Å². The highest BCUT2D eigenvalue weighted by molar-refractivity contribution is 7.92. The van der Waals surface area contributed by atoms with Crippen LogP contribution in [0.4, 0.5) is 0 Å². The highest BCUT2D eigenvalue weighted by Crippen LogP contribution is 2.24. The van der Waals surface area contributed by atoms with Crippen LogP contribution in [0, 0.1) is 6.92 Å². The molecule has 118 valence electrons. The quantitative estimate of drug-likeness (QED) is 0.847. The molecule has 1 aromatic carbocycles. The Kier molecular flexibility index (Phi) is 4.72. The fraction of sp³-hybridized carbons (Fsp3) is 0.538. The maximum absolute atomic E-state index is 12.7. The molecule has 0 bridgehead atoms. The second-order valence-electron chi connectivity index (χ2n) is 5.13. The molecule has 1 aliphatic heterocycles. The summed E-state index contributed by atoms with van der Waals surface area (Å²) >= 11 is 0. The van der Waals surface area contributed by atoms with E-state index >= 15 is 0 Å².